The number of halogens is 1. The van der Waals surface area contributed by atoms with Crippen LogP contribution in [0.15, 0.2) is 42.5 Å². The maximum Gasteiger partial charge on any atom is 0.261 e. The highest BCUT2D eigenvalue weighted by atomic mass is 28.4. The average Bonchev–Trinajstić information content (AvgIpc) is 3.48. The number of aliphatic hydroxyl groups excluding tert-OH is 5. The van der Waals surface area contributed by atoms with Gasteiger partial charge in [-0.05, 0) is 48.8 Å². The summed E-state index contributed by atoms with van der Waals surface area (Å²) in [6.07, 6.45) is -9.84. The van der Waals surface area contributed by atoms with E-state index in [4.69, 9.17) is 9.47 Å². The predicted octanol–water partition coefficient (Wildman–Crippen LogP) is 0.488. The first-order valence-electron chi connectivity index (χ1n) is 15.7. The largest absolute Gasteiger partial charge is 0.394 e. The second-order valence-corrected chi connectivity index (χ2v) is 17.2. The van der Waals surface area contributed by atoms with Crippen LogP contribution >= 0.6 is 0 Å². The number of rotatable bonds is 6. The highest BCUT2D eigenvalue weighted by molar-refractivity contribution is 6.72. The van der Waals surface area contributed by atoms with E-state index in [-0.39, 0.29) is 31.2 Å². The molecule has 0 bridgehead atoms. The third-order valence-corrected chi connectivity index (χ3v) is 12.5. The lowest BCUT2D eigenvalue weighted by Gasteiger charge is -2.37. The monoisotopic (exact) mass is 673 g/mol. The Morgan fingerprint density at radius 3 is 2.47 bits per heavy atom. The van der Waals surface area contributed by atoms with Crippen molar-refractivity contribution in [2.75, 3.05) is 17.2 Å². The van der Waals surface area contributed by atoms with Crippen molar-refractivity contribution in [1.29, 1.82) is 0 Å². The number of nitrogens with one attached hydrogen (secondary N) is 2. The zero-order chi connectivity index (χ0) is 34.0. The number of carbonyl (C=O) groups is 3. The molecule has 0 saturated carbocycles. The molecule has 3 amide bonds. The second-order valence-electron chi connectivity index (χ2n) is 13.4. The molecule has 2 aromatic carbocycles. The van der Waals surface area contributed by atoms with Crippen molar-refractivity contribution in [3.8, 4) is 0 Å². The highest BCUT2D eigenvalue weighted by Crippen LogP contribution is 2.59. The van der Waals surface area contributed by atoms with Gasteiger partial charge in [-0.3, -0.25) is 14.4 Å². The zero-order valence-corrected chi connectivity index (χ0v) is 27.2. The normalized spacial score (nSPS) is 35.0. The molecule has 47 heavy (non-hydrogen) atoms. The van der Waals surface area contributed by atoms with Crippen LogP contribution in [0.25, 0.3) is 0 Å². The van der Waals surface area contributed by atoms with Crippen molar-refractivity contribution in [1.82, 2.24) is 4.90 Å². The molecule has 4 heterocycles. The van der Waals surface area contributed by atoms with Gasteiger partial charge in [0.1, 0.15) is 18.3 Å². The van der Waals surface area contributed by atoms with E-state index in [2.05, 4.69) is 10.6 Å². The Labute approximate surface area is 271 Å². The minimum Gasteiger partial charge on any atom is -0.394 e. The maximum absolute atomic E-state index is 16.2. The number of anilines is 2. The first-order chi connectivity index (χ1) is 22.2. The average molecular weight is 674 g/mol. The molecule has 0 unspecified atom stereocenters. The van der Waals surface area contributed by atoms with Crippen LogP contribution in [0, 0.1) is 5.92 Å². The molecule has 10 atom stereocenters. The van der Waals surface area contributed by atoms with Gasteiger partial charge in [0.25, 0.3) is 11.8 Å². The van der Waals surface area contributed by atoms with E-state index >= 15 is 4.11 Å². The van der Waals surface area contributed by atoms with E-state index < -0.39 is 80.1 Å². The van der Waals surface area contributed by atoms with Gasteiger partial charge in [0.05, 0.1) is 25.2 Å². The molecule has 0 aromatic heterocycles. The highest BCUT2D eigenvalue weighted by Gasteiger charge is 2.65. The number of benzene rings is 2. The molecule has 2 saturated heterocycles. The van der Waals surface area contributed by atoms with Crippen LogP contribution < -0.4 is 10.6 Å². The van der Waals surface area contributed by atoms with Gasteiger partial charge in [-0.2, -0.15) is 0 Å². The Morgan fingerprint density at radius 1 is 1.09 bits per heavy atom. The fourth-order valence-electron chi connectivity index (χ4n) is 7.77. The van der Waals surface area contributed by atoms with E-state index in [9.17, 15) is 39.9 Å². The molecule has 4 aliphatic heterocycles. The number of carbonyl (C=O) groups excluding carboxylic acids is 3. The van der Waals surface area contributed by atoms with Crippen molar-refractivity contribution in [3.63, 3.8) is 0 Å². The molecule has 13 nitrogen and oxygen atoms in total. The van der Waals surface area contributed by atoms with Crippen LogP contribution in [0.2, 0.25) is 18.6 Å². The predicted molar refractivity (Wildman–Crippen MR) is 167 cm³/mol. The number of amides is 3. The molecule has 15 heteroatoms. The van der Waals surface area contributed by atoms with Crippen LogP contribution in [0.4, 0.5) is 15.5 Å². The van der Waals surface area contributed by atoms with E-state index in [1.807, 2.05) is 24.3 Å². The van der Waals surface area contributed by atoms with Crippen LogP contribution in [0.3, 0.4) is 0 Å². The van der Waals surface area contributed by atoms with Gasteiger partial charge in [0.2, 0.25) is 14.3 Å². The molecule has 6 rings (SSSR count). The molecular formula is C32H40FN3O10Si. The van der Waals surface area contributed by atoms with Crippen molar-refractivity contribution in [2.24, 2.45) is 5.92 Å². The quantitative estimate of drug-likeness (QED) is 0.167. The summed E-state index contributed by atoms with van der Waals surface area (Å²) >= 11 is 0. The molecule has 1 spiro atoms. The lowest BCUT2D eigenvalue weighted by molar-refractivity contribution is -0.274. The minimum atomic E-state index is -3.59. The second kappa shape index (κ2) is 12.3. The molecule has 2 aromatic rings. The molecule has 254 valence electrons. The van der Waals surface area contributed by atoms with Crippen molar-refractivity contribution >= 4 is 37.5 Å². The summed E-state index contributed by atoms with van der Waals surface area (Å²) in [5.74, 6) is -2.51. The van der Waals surface area contributed by atoms with Crippen LogP contribution in [-0.2, 0) is 42.4 Å². The smallest absolute Gasteiger partial charge is 0.261 e. The summed E-state index contributed by atoms with van der Waals surface area (Å²) in [4.78, 5) is 42.2. The SMILES string of the molecule is C[C@H]1[C@H]([Si](C)(C)F)[C@@H](CC(=O)N2Cc3ccccc3C[C@H]2CO)O[C@]12C(=O)Nc1ccc(NC(=O)[C@H]3O[C@@H](O)[C@H](O)[C@@H](O)[C@@H]3O)cc12. The first kappa shape index (κ1) is 33.6. The lowest BCUT2D eigenvalue weighted by atomic mass is 9.82. The van der Waals surface area contributed by atoms with Crippen molar-refractivity contribution in [3.05, 3.63) is 59.2 Å². The van der Waals surface area contributed by atoms with E-state index in [1.165, 1.54) is 31.3 Å². The number of nitrogens with zero attached hydrogens (tertiary/aromatic N) is 1. The van der Waals surface area contributed by atoms with E-state index in [0.29, 0.717) is 17.7 Å². The van der Waals surface area contributed by atoms with Crippen LogP contribution in [0.5, 0.6) is 0 Å². The topological polar surface area (TPSA) is 198 Å². The number of aliphatic hydroxyl groups is 5. The Hall–Kier alpha value is -3.28. The van der Waals surface area contributed by atoms with E-state index in [0.717, 1.165) is 11.1 Å². The van der Waals surface area contributed by atoms with Crippen molar-refractivity contribution < 1.29 is 53.5 Å². The summed E-state index contributed by atoms with van der Waals surface area (Å²) < 4.78 is 27.7. The number of ether oxygens (including phenoxy) is 2. The third kappa shape index (κ3) is 5.67. The number of fused-ring (bicyclic) bond motifs is 3. The number of hydrogen-bond acceptors (Lipinski definition) is 10. The molecule has 0 radical (unpaired) electrons. The Bertz CT molecular complexity index is 1570. The number of hydrogen-bond donors (Lipinski definition) is 7. The maximum atomic E-state index is 16.2. The van der Waals surface area contributed by atoms with Gasteiger partial charge >= 0.3 is 0 Å². The van der Waals surface area contributed by atoms with Crippen LogP contribution in [-0.4, -0.2) is 106 Å². The molecule has 2 fully saturated rings. The Balaban J connectivity index is 1.27. The summed E-state index contributed by atoms with van der Waals surface area (Å²) in [6.45, 7) is 4.79. The lowest BCUT2D eigenvalue weighted by Crippen LogP contribution is -2.60. The molecule has 0 aliphatic carbocycles. The minimum absolute atomic E-state index is 0.150. The summed E-state index contributed by atoms with van der Waals surface area (Å²) in [5, 5.41) is 55.4. The molecular weight excluding hydrogens is 633 g/mol. The van der Waals surface area contributed by atoms with Gasteiger partial charge in [0.15, 0.2) is 18.0 Å². The molecule has 4 aliphatic rings. The zero-order valence-electron chi connectivity index (χ0n) is 26.2. The van der Waals surface area contributed by atoms with Gasteiger partial charge in [-0.25, -0.2) is 0 Å². The summed E-state index contributed by atoms with van der Waals surface area (Å²) in [7, 11) is -3.59. The third-order valence-electron chi connectivity index (χ3n) is 10.1. The summed E-state index contributed by atoms with van der Waals surface area (Å²) in [5.41, 5.74) is 0.399. The van der Waals surface area contributed by atoms with Gasteiger partial charge in [-0.15, -0.1) is 0 Å². The van der Waals surface area contributed by atoms with Crippen LogP contribution in [0.1, 0.15) is 30.0 Å². The fourth-order valence-corrected chi connectivity index (χ4v) is 10.3. The Morgan fingerprint density at radius 2 is 1.79 bits per heavy atom. The fraction of sp³-hybridized carbons (Fsp3) is 0.531. The first-order valence-corrected chi connectivity index (χ1v) is 18.6. The van der Waals surface area contributed by atoms with Gasteiger partial charge in [-0.1, -0.05) is 31.2 Å². The van der Waals surface area contributed by atoms with Gasteiger partial charge < -0.3 is 54.6 Å². The standard InChI is InChI=1S/C32H40FN3O10Si/c1-15-28(47(2,3)33)22(12-23(38)36-13-17-7-5-4-6-16(17)10-19(36)14-37)46-32(15)20-11-18(8-9-21(20)35-31(32)44)34-29(42)27-25(40)24(39)26(41)30(43)45-27/h4-9,11,15,19,22,24-28,30,37,39-41,43H,10,12-14H2,1-3H3,(H,34,42)(H,35,44)/t15-,19-,22+,24-,25-,26+,27-,28-,30+,32+/m0/s1. The van der Waals surface area contributed by atoms with Gasteiger partial charge in [0, 0.05) is 34.9 Å². The molecule has 7 N–H and O–H groups in total. The summed E-state index contributed by atoms with van der Waals surface area (Å²) in [6, 6.07) is 11.7. The van der Waals surface area contributed by atoms with E-state index in [1.54, 1.807) is 11.8 Å². The Kier molecular flexibility index (Phi) is 8.80. The van der Waals surface area contributed by atoms with Crippen molar-refractivity contribution in [2.45, 2.75) is 93.4 Å².